The van der Waals surface area contributed by atoms with Gasteiger partial charge >= 0.3 is 0 Å². The molecule has 0 bridgehead atoms. The van der Waals surface area contributed by atoms with Crippen LogP contribution in [0.4, 0.5) is 5.69 Å². The van der Waals surface area contributed by atoms with E-state index in [0.29, 0.717) is 31.8 Å². The molecular weight excluding hydrogens is 388 g/mol. The van der Waals surface area contributed by atoms with E-state index in [9.17, 15) is 18.5 Å². The average Bonchev–Trinajstić information content (AvgIpc) is 3.38. The Hall–Kier alpha value is -1.91. The van der Waals surface area contributed by atoms with Crippen molar-refractivity contribution in [1.82, 2.24) is 13.7 Å². The first-order valence-electron chi connectivity index (χ1n) is 8.88. The fourth-order valence-corrected chi connectivity index (χ4v) is 5.70. The number of sulfonamides is 1. The molecule has 0 spiro atoms. The Bertz CT molecular complexity index is 959. The molecule has 2 aromatic rings. The summed E-state index contributed by atoms with van der Waals surface area (Å²) in [6.07, 6.45) is 3.68. The van der Waals surface area contributed by atoms with E-state index in [1.807, 2.05) is 0 Å². The summed E-state index contributed by atoms with van der Waals surface area (Å²) in [6.45, 7) is 2.86. The first-order valence-corrected chi connectivity index (χ1v) is 11.1. The molecule has 1 aliphatic carbocycles. The minimum atomic E-state index is -3.66. The van der Waals surface area contributed by atoms with Crippen LogP contribution < -0.4 is 0 Å². The molecule has 4 rings (SSSR count). The molecule has 1 aliphatic heterocycles. The summed E-state index contributed by atoms with van der Waals surface area (Å²) in [5.74, 6) is 1.41. The Kier molecular flexibility index (Phi) is 4.52. The van der Waals surface area contributed by atoms with Crippen LogP contribution in [0.1, 0.15) is 49.4 Å². The predicted molar refractivity (Wildman–Crippen MR) is 100 cm³/mol. The van der Waals surface area contributed by atoms with Crippen molar-refractivity contribution in [2.24, 2.45) is 0 Å². The van der Waals surface area contributed by atoms with Crippen molar-refractivity contribution in [1.29, 1.82) is 0 Å². The van der Waals surface area contributed by atoms with Gasteiger partial charge in [0.25, 0.3) is 5.69 Å². The molecule has 8 nitrogen and oxygen atoms in total. The summed E-state index contributed by atoms with van der Waals surface area (Å²) in [6, 6.07) is 5.04. The summed E-state index contributed by atoms with van der Waals surface area (Å²) in [7, 11) is -3.66. The van der Waals surface area contributed by atoms with E-state index in [-0.39, 0.29) is 16.0 Å². The van der Waals surface area contributed by atoms with Crippen LogP contribution in [0.3, 0.4) is 0 Å². The maximum atomic E-state index is 12.8. The van der Waals surface area contributed by atoms with E-state index < -0.39 is 14.9 Å². The highest BCUT2D eigenvalue weighted by Gasteiger charge is 2.40. The second-order valence-electron chi connectivity index (χ2n) is 7.45. The highest BCUT2D eigenvalue weighted by Crippen LogP contribution is 2.43. The number of hydrogen-bond acceptors (Lipinski definition) is 7. The highest BCUT2D eigenvalue weighted by atomic mass is 32.2. The molecular formula is C17H20N4O4S2. The van der Waals surface area contributed by atoms with Crippen LogP contribution >= 0.6 is 11.5 Å². The van der Waals surface area contributed by atoms with Gasteiger partial charge in [0.1, 0.15) is 10.8 Å². The van der Waals surface area contributed by atoms with E-state index >= 15 is 0 Å². The van der Waals surface area contributed by atoms with Crippen LogP contribution in [0.2, 0.25) is 0 Å². The van der Waals surface area contributed by atoms with Crippen molar-refractivity contribution in [3.8, 4) is 0 Å². The Balaban J connectivity index is 1.47. The number of benzene rings is 1. The maximum absolute atomic E-state index is 12.8. The summed E-state index contributed by atoms with van der Waals surface area (Å²) in [5.41, 5.74) is -0.341. The SMILES string of the molecule is CC1(c2nsc(C3CC3)n2)CCN(S(=O)(=O)c2ccc([N+](=O)[O-])cc2)CC1. The third-order valence-electron chi connectivity index (χ3n) is 5.42. The third-order valence-corrected chi connectivity index (χ3v) is 8.21. The summed E-state index contributed by atoms with van der Waals surface area (Å²) >= 11 is 1.47. The number of aromatic nitrogens is 2. The largest absolute Gasteiger partial charge is 0.269 e. The average molecular weight is 409 g/mol. The van der Waals surface area contributed by atoms with Gasteiger partial charge in [-0.2, -0.15) is 8.68 Å². The highest BCUT2D eigenvalue weighted by molar-refractivity contribution is 7.89. The van der Waals surface area contributed by atoms with Crippen molar-refractivity contribution in [2.45, 2.75) is 48.8 Å². The van der Waals surface area contributed by atoms with Crippen molar-refractivity contribution in [3.63, 3.8) is 0 Å². The van der Waals surface area contributed by atoms with Crippen molar-refractivity contribution < 1.29 is 13.3 Å². The normalized spacial score (nSPS) is 20.5. The van der Waals surface area contributed by atoms with Gasteiger partial charge in [-0.15, -0.1) is 0 Å². The van der Waals surface area contributed by atoms with Crippen LogP contribution in [-0.4, -0.2) is 40.1 Å². The zero-order chi connectivity index (χ0) is 19.2. The quantitative estimate of drug-likeness (QED) is 0.556. The number of piperidine rings is 1. The second-order valence-corrected chi connectivity index (χ2v) is 10.2. The minimum absolute atomic E-state index is 0.0829. The Labute approximate surface area is 161 Å². The van der Waals surface area contributed by atoms with E-state index in [2.05, 4.69) is 11.3 Å². The smallest absolute Gasteiger partial charge is 0.258 e. The van der Waals surface area contributed by atoms with Gasteiger partial charge in [0.05, 0.1) is 9.82 Å². The molecule has 0 unspecified atom stereocenters. The van der Waals surface area contributed by atoms with Gasteiger partial charge in [-0.25, -0.2) is 13.4 Å². The monoisotopic (exact) mass is 408 g/mol. The van der Waals surface area contributed by atoms with Crippen molar-refractivity contribution in [3.05, 3.63) is 45.2 Å². The molecule has 0 amide bonds. The molecule has 0 N–H and O–H groups in total. The molecule has 10 heteroatoms. The van der Waals surface area contributed by atoms with Crippen LogP contribution in [0.5, 0.6) is 0 Å². The molecule has 0 atom stereocenters. The van der Waals surface area contributed by atoms with Gasteiger partial charge in [0.15, 0.2) is 0 Å². The lowest BCUT2D eigenvalue weighted by Crippen LogP contribution is -2.44. The number of nitro benzene ring substituents is 1. The van der Waals surface area contributed by atoms with Gasteiger partial charge in [-0.3, -0.25) is 10.1 Å². The van der Waals surface area contributed by atoms with Crippen LogP contribution in [-0.2, 0) is 15.4 Å². The van der Waals surface area contributed by atoms with Gasteiger partial charge in [0, 0.05) is 36.6 Å². The molecule has 2 fully saturated rings. The zero-order valence-corrected chi connectivity index (χ0v) is 16.5. The Morgan fingerprint density at radius 1 is 1.22 bits per heavy atom. The predicted octanol–water partition coefficient (Wildman–Crippen LogP) is 3.07. The Morgan fingerprint density at radius 3 is 2.41 bits per heavy atom. The van der Waals surface area contributed by atoms with E-state index in [1.165, 1.54) is 52.9 Å². The van der Waals surface area contributed by atoms with Crippen LogP contribution in [0.25, 0.3) is 0 Å². The summed E-state index contributed by atoms with van der Waals surface area (Å²) in [4.78, 5) is 15.0. The standard InChI is InChI=1S/C17H20N4O4S2/c1-17(16-18-15(26-19-16)12-2-3-12)8-10-20(11-9-17)27(24,25)14-6-4-13(5-7-14)21(22)23/h4-7,12H,2-3,8-11H2,1H3. The number of non-ortho nitro benzene ring substituents is 1. The maximum Gasteiger partial charge on any atom is 0.269 e. The van der Waals surface area contributed by atoms with E-state index in [1.54, 1.807) is 0 Å². The molecule has 2 aliphatic rings. The summed E-state index contributed by atoms with van der Waals surface area (Å²) < 4.78 is 31.7. The topological polar surface area (TPSA) is 106 Å². The van der Waals surface area contributed by atoms with Crippen molar-refractivity contribution in [2.75, 3.05) is 13.1 Å². The van der Waals surface area contributed by atoms with Crippen LogP contribution in [0, 0.1) is 10.1 Å². The number of hydrogen-bond donors (Lipinski definition) is 0. The Morgan fingerprint density at radius 2 is 1.85 bits per heavy atom. The number of rotatable bonds is 5. The molecule has 1 aromatic carbocycles. The molecule has 1 saturated carbocycles. The van der Waals surface area contributed by atoms with Gasteiger partial charge in [-0.05, 0) is 49.3 Å². The lowest BCUT2D eigenvalue weighted by Gasteiger charge is -2.36. The fourth-order valence-electron chi connectivity index (χ4n) is 3.31. The van der Waals surface area contributed by atoms with E-state index in [0.717, 1.165) is 10.8 Å². The molecule has 27 heavy (non-hydrogen) atoms. The molecule has 1 aromatic heterocycles. The second kappa shape index (κ2) is 6.61. The summed E-state index contributed by atoms with van der Waals surface area (Å²) in [5, 5.41) is 11.9. The third kappa shape index (κ3) is 3.48. The molecule has 144 valence electrons. The van der Waals surface area contributed by atoms with Crippen LogP contribution in [0.15, 0.2) is 29.2 Å². The molecule has 0 radical (unpaired) electrons. The number of nitrogens with zero attached hydrogens (tertiary/aromatic N) is 4. The first kappa shape index (κ1) is 18.5. The molecule has 2 heterocycles. The van der Waals surface area contributed by atoms with Gasteiger partial charge in [0.2, 0.25) is 10.0 Å². The van der Waals surface area contributed by atoms with Gasteiger partial charge in [-0.1, -0.05) is 6.92 Å². The number of nitro groups is 1. The lowest BCUT2D eigenvalue weighted by molar-refractivity contribution is -0.384. The fraction of sp³-hybridized carbons (Fsp3) is 0.529. The minimum Gasteiger partial charge on any atom is -0.258 e. The van der Waals surface area contributed by atoms with Crippen molar-refractivity contribution >= 4 is 27.2 Å². The zero-order valence-electron chi connectivity index (χ0n) is 14.9. The van der Waals surface area contributed by atoms with E-state index in [4.69, 9.17) is 4.98 Å². The van der Waals surface area contributed by atoms with Gasteiger partial charge < -0.3 is 0 Å². The molecule has 1 saturated heterocycles. The first-order chi connectivity index (χ1) is 12.8. The lowest BCUT2D eigenvalue weighted by atomic mass is 9.80.